The fraction of sp³-hybridized carbons (Fsp3) is 0.0714. The molecule has 1 aromatic heterocycles. The molecule has 4 nitrogen and oxygen atoms in total. The highest BCUT2D eigenvalue weighted by molar-refractivity contribution is 6.14. The first-order valence-electron chi connectivity index (χ1n) is 5.47. The van der Waals surface area contributed by atoms with E-state index in [9.17, 15) is 9.90 Å². The maximum Gasteiger partial charge on any atom is 0.232 e. The Labute approximate surface area is 103 Å². The molecule has 1 N–H and O–H groups in total. The Balaban J connectivity index is 2.07. The van der Waals surface area contributed by atoms with Crippen LogP contribution in [0, 0.1) is 6.92 Å². The van der Waals surface area contributed by atoms with Gasteiger partial charge in [0.25, 0.3) is 0 Å². The molecule has 2 heterocycles. The molecule has 0 atom stereocenters. The summed E-state index contributed by atoms with van der Waals surface area (Å²) in [5.41, 5.74) is 1.02. The SMILES string of the molecule is Cc1c(O)ccc2c1O/C(=C\c1ccco1)C2=O. The van der Waals surface area contributed by atoms with Crippen LogP contribution in [0.4, 0.5) is 0 Å². The molecule has 1 aliphatic rings. The maximum atomic E-state index is 12.1. The van der Waals surface area contributed by atoms with Gasteiger partial charge in [-0.1, -0.05) is 0 Å². The van der Waals surface area contributed by atoms with Gasteiger partial charge in [-0.15, -0.1) is 0 Å². The number of carbonyl (C=O) groups is 1. The number of furan rings is 1. The Morgan fingerprint density at radius 1 is 1.28 bits per heavy atom. The molecule has 90 valence electrons. The zero-order valence-electron chi connectivity index (χ0n) is 9.64. The summed E-state index contributed by atoms with van der Waals surface area (Å²) in [4.78, 5) is 12.1. The van der Waals surface area contributed by atoms with E-state index in [2.05, 4.69) is 0 Å². The Morgan fingerprint density at radius 2 is 2.11 bits per heavy atom. The molecule has 0 radical (unpaired) electrons. The lowest BCUT2D eigenvalue weighted by Crippen LogP contribution is -1.97. The third-order valence-corrected chi connectivity index (χ3v) is 2.87. The van der Waals surface area contributed by atoms with Gasteiger partial charge >= 0.3 is 0 Å². The Hall–Kier alpha value is -2.49. The van der Waals surface area contributed by atoms with Crippen molar-refractivity contribution in [2.45, 2.75) is 6.92 Å². The third kappa shape index (κ3) is 1.50. The van der Waals surface area contributed by atoms with Crippen LogP contribution in [0.1, 0.15) is 21.7 Å². The molecule has 0 spiro atoms. The highest BCUT2D eigenvalue weighted by Gasteiger charge is 2.29. The van der Waals surface area contributed by atoms with Crippen molar-refractivity contribution in [2.24, 2.45) is 0 Å². The van der Waals surface area contributed by atoms with E-state index in [4.69, 9.17) is 9.15 Å². The van der Waals surface area contributed by atoms with Crippen molar-refractivity contribution >= 4 is 11.9 Å². The van der Waals surface area contributed by atoms with Gasteiger partial charge in [0, 0.05) is 11.6 Å². The summed E-state index contributed by atoms with van der Waals surface area (Å²) in [6, 6.07) is 6.52. The number of carbonyl (C=O) groups excluding carboxylic acids is 1. The van der Waals surface area contributed by atoms with Gasteiger partial charge in [0.05, 0.1) is 11.8 Å². The molecule has 4 heteroatoms. The lowest BCUT2D eigenvalue weighted by molar-refractivity contribution is 0.101. The predicted octanol–water partition coefficient (Wildman–Crippen LogP) is 2.91. The number of Topliss-reactive ketones (excluding diaryl/α,β-unsaturated/α-hetero) is 1. The van der Waals surface area contributed by atoms with Gasteiger partial charge < -0.3 is 14.3 Å². The van der Waals surface area contributed by atoms with E-state index in [1.165, 1.54) is 12.3 Å². The van der Waals surface area contributed by atoms with Gasteiger partial charge in [0.15, 0.2) is 5.76 Å². The Kier molecular flexibility index (Phi) is 2.23. The highest BCUT2D eigenvalue weighted by atomic mass is 16.5. The lowest BCUT2D eigenvalue weighted by Gasteiger charge is -2.03. The standard InChI is InChI=1S/C14H10O4/c1-8-11(15)5-4-10-13(16)12(18-14(8)10)7-9-3-2-6-17-9/h2-7,15H,1H3/b12-7-. The topological polar surface area (TPSA) is 59.7 Å². The average Bonchev–Trinajstić information content (AvgIpc) is 2.95. The minimum absolute atomic E-state index is 0.112. The van der Waals surface area contributed by atoms with E-state index >= 15 is 0 Å². The first kappa shape index (κ1) is 10.7. The molecule has 0 saturated heterocycles. The predicted molar refractivity (Wildman–Crippen MR) is 64.5 cm³/mol. The van der Waals surface area contributed by atoms with E-state index in [1.807, 2.05) is 0 Å². The van der Waals surface area contributed by atoms with Gasteiger partial charge in [0.1, 0.15) is 17.3 Å². The smallest absolute Gasteiger partial charge is 0.232 e. The molecule has 0 amide bonds. The minimum atomic E-state index is -0.204. The molecule has 1 aliphatic heterocycles. The number of phenolic OH excluding ortho intramolecular Hbond substituents is 1. The fourth-order valence-corrected chi connectivity index (χ4v) is 1.88. The number of ether oxygens (including phenoxy) is 1. The van der Waals surface area contributed by atoms with Crippen molar-refractivity contribution in [2.75, 3.05) is 0 Å². The van der Waals surface area contributed by atoms with Crippen molar-refractivity contribution < 1.29 is 19.1 Å². The van der Waals surface area contributed by atoms with Crippen molar-refractivity contribution in [3.8, 4) is 11.5 Å². The highest BCUT2D eigenvalue weighted by Crippen LogP contribution is 2.38. The van der Waals surface area contributed by atoms with Crippen LogP contribution in [0.3, 0.4) is 0 Å². The van der Waals surface area contributed by atoms with Gasteiger partial charge in [-0.25, -0.2) is 0 Å². The van der Waals surface area contributed by atoms with Crippen LogP contribution in [-0.2, 0) is 0 Å². The number of hydrogen-bond acceptors (Lipinski definition) is 4. The molecule has 0 unspecified atom stereocenters. The second-order valence-electron chi connectivity index (χ2n) is 4.04. The number of benzene rings is 1. The normalized spacial score (nSPS) is 15.8. The zero-order chi connectivity index (χ0) is 12.7. The summed E-state index contributed by atoms with van der Waals surface area (Å²) in [7, 11) is 0. The lowest BCUT2D eigenvalue weighted by atomic mass is 10.1. The number of fused-ring (bicyclic) bond motifs is 1. The molecule has 0 fully saturated rings. The van der Waals surface area contributed by atoms with Gasteiger partial charge in [-0.2, -0.15) is 0 Å². The van der Waals surface area contributed by atoms with Crippen LogP contribution in [0.2, 0.25) is 0 Å². The fourth-order valence-electron chi connectivity index (χ4n) is 1.88. The zero-order valence-corrected chi connectivity index (χ0v) is 9.64. The number of ketones is 1. The second-order valence-corrected chi connectivity index (χ2v) is 4.04. The summed E-state index contributed by atoms with van der Waals surface area (Å²) in [6.45, 7) is 1.71. The van der Waals surface area contributed by atoms with Crippen LogP contribution in [0.25, 0.3) is 6.08 Å². The number of allylic oxidation sites excluding steroid dienone is 1. The molecule has 0 bridgehead atoms. The molecule has 0 saturated carbocycles. The Morgan fingerprint density at radius 3 is 2.83 bits per heavy atom. The van der Waals surface area contributed by atoms with Crippen LogP contribution < -0.4 is 4.74 Å². The van der Waals surface area contributed by atoms with Crippen LogP contribution in [0.15, 0.2) is 40.7 Å². The van der Waals surface area contributed by atoms with E-state index in [-0.39, 0.29) is 17.3 Å². The van der Waals surface area contributed by atoms with Gasteiger partial charge in [0.2, 0.25) is 5.78 Å². The number of hydrogen-bond donors (Lipinski definition) is 1. The van der Waals surface area contributed by atoms with Crippen molar-refractivity contribution in [1.29, 1.82) is 0 Å². The van der Waals surface area contributed by atoms with E-state index in [0.29, 0.717) is 22.6 Å². The number of phenols is 1. The van der Waals surface area contributed by atoms with E-state index < -0.39 is 0 Å². The maximum absolute atomic E-state index is 12.1. The summed E-state index contributed by atoms with van der Waals surface area (Å²) in [5.74, 6) is 1.07. The first-order valence-corrected chi connectivity index (χ1v) is 5.47. The molecule has 3 rings (SSSR count). The average molecular weight is 242 g/mol. The van der Waals surface area contributed by atoms with Crippen molar-refractivity contribution in [1.82, 2.24) is 0 Å². The number of rotatable bonds is 1. The van der Waals surface area contributed by atoms with E-state index in [0.717, 1.165) is 0 Å². The number of aromatic hydroxyl groups is 1. The second kappa shape index (κ2) is 3.77. The molecular weight excluding hydrogens is 232 g/mol. The summed E-state index contributed by atoms with van der Waals surface area (Å²) >= 11 is 0. The Bertz CT molecular complexity index is 651. The molecule has 2 aromatic rings. The van der Waals surface area contributed by atoms with Crippen molar-refractivity contribution in [3.63, 3.8) is 0 Å². The monoisotopic (exact) mass is 242 g/mol. The molecular formula is C14H10O4. The summed E-state index contributed by atoms with van der Waals surface area (Å²) < 4.78 is 10.6. The van der Waals surface area contributed by atoms with Gasteiger partial charge in [-0.05, 0) is 31.2 Å². The first-order chi connectivity index (χ1) is 8.66. The minimum Gasteiger partial charge on any atom is -0.508 e. The van der Waals surface area contributed by atoms with Crippen LogP contribution in [0.5, 0.6) is 11.5 Å². The van der Waals surface area contributed by atoms with Crippen LogP contribution >= 0.6 is 0 Å². The molecule has 0 aliphatic carbocycles. The quantitative estimate of drug-likeness (QED) is 0.781. The largest absolute Gasteiger partial charge is 0.508 e. The van der Waals surface area contributed by atoms with Gasteiger partial charge in [-0.3, -0.25) is 4.79 Å². The van der Waals surface area contributed by atoms with E-state index in [1.54, 1.807) is 31.2 Å². The third-order valence-electron chi connectivity index (χ3n) is 2.87. The molecule has 1 aromatic carbocycles. The van der Waals surface area contributed by atoms with Crippen molar-refractivity contribution in [3.05, 3.63) is 53.2 Å². The van der Waals surface area contributed by atoms with Crippen LogP contribution in [-0.4, -0.2) is 10.9 Å². The summed E-state index contributed by atoms with van der Waals surface area (Å²) in [6.07, 6.45) is 3.06. The summed E-state index contributed by atoms with van der Waals surface area (Å²) in [5, 5.41) is 9.58. The molecule has 18 heavy (non-hydrogen) atoms.